The van der Waals surface area contributed by atoms with Gasteiger partial charge < -0.3 is 4.74 Å². The van der Waals surface area contributed by atoms with Crippen LogP contribution in [0.5, 0.6) is 0 Å². The molecule has 0 atom stereocenters. The number of hydrogen-bond donors (Lipinski definition) is 0. The lowest BCUT2D eigenvalue weighted by atomic mass is 9.76. The maximum absolute atomic E-state index is 11.4. The van der Waals surface area contributed by atoms with Crippen LogP contribution in [0.15, 0.2) is 12.3 Å². The van der Waals surface area contributed by atoms with Gasteiger partial charge in [-0.1, -0.05) is 19.4 Å². The predicted molar refractivity (Wildman–Crippen MR) is 70.6 cm³/mol. The standard InChI is InChI=1S/C13H24O3S/c1-3-9-16-10-5-6-13(4-2)7-11-17(14,15)12-8-13/h3,9H,4-8,10-12H2,1-2H3/b9-3+. The van der Waals surface area contributed by atoms with Crippen LogP contribution in [0.2, 0.25) is 0 Å². The Morgan fingerprint density at radius 3 is 2.47 bits per heavy atom. The van der Waals surface area contributed by atoms with Gasteiger partial charge in [0, 0.05) is 0 Å². The van der Waals surface area contributed by atoms with Crippen LogP contribution >= 0.6 is 0 Å². The van der Waals surface area contributed by atoms with Gasteiger partial charge in [-0.3, -0.25) is 0 Å². The second-order valence-corrected chi connectivity index (χ2v) is 7.25. The number of sulfone groups is 1. The second-order valence-electron chi connectivity index (χ2n) is 4.95. The topological polar surface area (TPSA) is 43.4 Å². The van der Waals surface area contributed by atoms with E-state index < -0.39 is 9.84 Å². The third-order valence-corrected chi connectivity index (χ3v) is 5.49. The molecule has 0 saturated carbocycles. The van der Waals surface area contributed by atoms with Gasteiger partial charge in [-0.05, 0) is 38.0 Å². The maximum Gasteiger partial charge on any atom is 0.150 e. The fourth-order valence-corrected chi connectivity index (χ4v) is 4.14. The van der Waals surface area contributed by atoms with E-state index in [1.807, 2.05) is 13.0 Å². The summed E-state index contributed by atoms with van der Waals surface area (Å²) < 4.78 is 28.2. The largest absolute Gasteiger partial charge is 0.502 e. The van der Waals surface area contributed by atoms with Crippen molar-refractivity contribution < 1.29 is 13.2 Å². The summed E-state index contributed by atoms with van der Waals surface area (Å²) in [6.45, 7) is 4.84. The molecule has 0 N–H and O–H groups in total. The molecule has 3 nitrogen and oxygen atoms in total. The number of hydrogen-bond acceptors (Lipinski definition) is 3. The molecule has 0 bridgehead atoms. The highest BCUT2D eigenvalue weighted by Crippen LogP contribution is 2.39. The molecule has 1 aliphatic heterocycles. The third kappa shape index (κ3) is 4.70. The van der Waals surface area contributed by atoms with E-state index in [-0.39, 0.29) is 5.41 Å². The van der Waals surface area contributed by atoms with Gasteiger partial charge in [0.1, 0.15) is 9.84 Å². The fraction of sp³-hybridized carbons (Fsp3) is 0.846. The van der Waals surface area contributed by atoms with E-state index in [0.717, 1.165) is 38.7 Å². The molecule has 0 aliphatic carbocycles. The quantitative estimate of drug-likeness (QED) is 0.545. The molecule has 0 spiro atoms. The summed E-state index contributed by atoms with van der Waals surface area (Å²) in [5, 5.41) is 0. The molecular formula is C13H24O3S. The summed E-state index contributed by atoms with van der Waals surface area (Å²) in [7, 11) is -2.75. The van der Waals surface area contributed by atoms with Crippen molar-refractivity contribution in [3.05, 3.63) is 12.3 Å². The van der Waals surface area contributed by atoms with Crippen molar-refractivity contribution in [3.8, 4) is 0 Å². The zero-order chi connectivity index (χ0) is 12.8. The van der Waals surface area contributed by atoms with E-state index in [4.69, 9.17) is 4.74 Å². The van der Waals surface area contributed by atoms with Crippen molar-refractivity contribution in [3.63, 3.8) is 0 Å². The minimum Gasteiger partial charge on any atom is -0.502 e. The smallest absolute Gasteiger partial charge is 0.150 e. The lowest BCUT2D eigenvalue weighted by Crippen LogP contribution is -2.33. The third-order valence-electron chi connectivity index (χ3n) is 3.84. The van der Waals surface area contributed by atoms with E-state index in [2.05, 4.69) is 6.92 Å². The summed E-state index contributed by atoms with van der Waals surface area (Å²) in [5.41, 5.74) is 0.241. The first-order valence-electron chi connectivity index (χ1n) is 6.47. The van der Waals surface area contributed by atoms with Crippen LogP contribution in [0, 0.1) is 5.41 Å². The molecule has 100 valence electrons. The van der Waals surface area contributed by atoms with Crippen molar-refractivity contribution >= 4 is 9.84 Å². The van der Waals surface area contributed by atoms with Gasteiger partial charge in [0.15, 0.2) is 0 Å². The van der Waals surface area contributed by atoms with Crippen LogP contribution in [0.25, 0.3) is 0 Å². The second kappa shape index (κ2) is 6.43. The van der Waals surface area contributed by atoms with Crippen LogP contribution in [0.3, 0.4) is 0 Å². The molecule has 0 aromatic heterocycles. The average molecular weight is 260 g/mol. The zero-order valence-corrected chi connectivity index (χ0v) is 11.8. The highest BCUT2D eigenvalue weighted by Gasteiger charge is 2.35. The molecule has 1 aliphatic rings. The van der Waals surface area contributed by atoms with Gasteiger partial charge in [0.25, 0.3) is 0 Å². The number of rotatable bonds is 6. The Balaban J connectivity index is 2.37. The molecule has 1 heterocycles. The molecule has 1 rings (SSSR count). The first-order valence-corrected chi connectivity index (χ1v) is 8.29. The van der Waals surface area contributed by atoms with E-state index in [9.17, 15) is 8.42 Å². The minimum atomic E-state index is -2.75. The zero-order valence-electron chi connectivity index (χ0n) is 10.9. The van der Waals surface area contributed by atoms with Crippen LogP contribution < -0.4 is 0 Å². The summed E-state index contributed by atoms with van der Waals surface area (Å²) in [6.07, 6.45) is 8.42. The molecule has 17 heavy (non-hydrogen) atoms. The Labute approximate surface area is 105 Å². The van der Waals surface area contributed by atoms with Crippen LogP contribution in [0.1, 0.15) is 46.0 Å². The van der Waals surface area contributed by atoms with Gasteiger partial charge in [-0.25, -0.2) is 8.42 Å². The van der Waals surface area contributed by atoms with E-state index in [1.54, 1.807) is 6.26 Å². The first kappa shape index (κ1) is 14.6. The summed E-state index contributed by atoms with van der Waals surface area (Å²) in [6, 6.07) is 0. The van der Waals surface area contributed by atoms with Gasteiger partial charge in [-0.2, -0.15) is 0 Å². The van der Waals surface area contributed by atoms with Gasteiger partial charge >= 0.3 is 0 Å². The first-order chi connectivity index (χ1) is 8.04. The normalized spacial score (nSPS) is 22.7. The molecule has 1 saturated heterocycles. The van der Waals surface area contributed by atoms with Crippen LogP contribution in [-0.2, 0) is 14.6 Å². The van der Waals surface area contributed by atoms with E-state index in [1.165, 1.54) is 0 Å². The van der Waals surface area contributed by atoms with Crippen LogP contribution in [0.4, 0.5) is 0 Å². The Morgan fingerprint density at radius 2 is 1.94 bits per heavy atom. The van der Waals surface area contributed by atoms with Gasteiger partial charge in [0.05, 0.1) is 24.4 Å². The number of allylic oxidation sites excluding steroid dienone is 1. The summed E-state index contributed by atoms with van der Waals surface area (Å²) in [4.78, 5) is 0. The minimum absolute atomic E-state index is 0.241. The van der Waals surface area contributed by atoms with Crippen molar-refractivity contribution in [1.29, 1.82) is 0 Å². The lowest BCUT2D eigenvalue weighted by Gasteiger charge is -2.36. The highest BCUT2D eigenvalue weighted by atomic mass is 32.2. The monoisotopic (exact) mass is 260 g/mol. The Morgan fingerprint density at radius 1 is 1.29 bits per heavy atom. The molecule has 0 unspecified atom stereocenters. The molecule has 0 radical (unpaired) electrons. The van der Waals surface area contributed by atoms with Crippen molar-refractivity contribution in [2.45, 2.75) is 46.0 Å². The molecule has 4 heteroatoms. The highest BCUT2D eigenvalue weighted by molar-refractivity contribution is 7.91. The fourth-order valence-electron chi connectivity index (χ4n) is 2.45. The Bertz CT molecular complexity index is 330. The summed E-state index contributed by atoms with van der Waals surface area (Å²) in [5.74, 6) is 0.743. The molecule has 0 amide bonds. The van der Waals surface area contributed by atoms with Gasteiger partial charge in [0.2, 0.25) is 0 Å². The van der Waals surface area contributed by atoms with Crippen molar-refractivity contribution in [2.24, 2.45) is 5.41 Å². The predicted octanol–water partition coefficient (Wildman–Crippen LogP) is 2.92. The van der Waals surface area contributed by atoms with E-state index >= 15 is 0 Å². The van der Waals surface area contributed by atoms with Gasteiger partial charge in [-0.15, -0.1) is 0 Å². The van der Waals surface area contributed by atoms with Crippen LogP contribution in [-0.4, -0.2) is 26.5 Å². The molecule has 0 aromatic carbocycles. The SMILES string of the molecule is C/C=C/OCCCC1(CC)CCS(=O)(=O)CC1. The summed E-state index contributed by atoms with van der Waals surface area (Å²) >= 11 is 0. The molecule has 1 fully saturated rings. The lowest BCUT2D eigenvalue weighted by molar-refractivity contribution is 0.176. The van der Waals surface area contributed by atoms with Crippen molar-refractivity contribution in [1.82, 2.24) is 0 Å². The van der Waals surface area contributed by atoms with Crippen molar-refractivity contribution in [2.75, 3.05) is 18.1 Å². The Kier molecular flexibility index (Phi) is 5.50. The average Bonchev–Trinajstić information content (AvgIpc) is 2.32. The Hall–Kier alpha value is -0.510. The number of ether oxygens (including phenoxy) is 1. The molecule has 0 aromatic rings. The molecular weight excluding hydrogens is 236 g/mol. The van der Waals surface area contributed by atoms with E-state index in [0.29, 0.717) is 11.5 Å². The maximum atomic E-state index is 11.4.